The predicted octanol–water partition coefficient (Wildman–Crippen LogP) is 10.3. The van der Waals surface area contributed by atoms with Crippen LogP contribution in [0.15, 0.2) is 178 Å². The van der Waals surface area contributed by atoms with Crippen LogP contribution in [0.1, 0.15) is 0 Å². The van der Waals surface area contributed by atoms with Crippen molar-refractivity contribution >= 4 is 20.4 Å². The lowest BCUT2D eigenvalue weighted by molar-refractivity contribution is 0.392. The topological polar surface area (TPSA) is 74.6 Å². The number of rotatable bonds is 11. The van der Waals surface area contributed by atoms with E-state index in [0.29, 0.717) is 34.5 Å². The van der Waals surface area contributed by atoms with Crippen LogP contribution >= 0.6 is 10.3 Å². The monoisotopic (exact) mass is 635 g/mol. The maximum atomic E-state index is 13.1. The van der Waals surface area contributed by atoms with Gasteiger partial charge in [0.1, 0.15) is 40.8 Å². The Morgan fingerprint density at radius 1 is 0.378 bits per heavy atom. The van der Waals surface area contributed by atoms with Crippen LogP contribution in [0.5, 0.6) is 34.5 Å². The Balaban J connectivity index is 1.43. The van der Waals surface area contributed by atoms with Crippen molar-refractivity contribution in [2.75, 3.05) is 6.26 Å². The summed E-state index contributed by atoms with van der Waals surface area (Å²) >= 11 is 0. The minimum atomic E-state index is -3.83. The van der Waals surface area contributed by atoms with E-state index in [-0.39, 0.29) is 0 Å². The van der Waals surface area contributed by atoms with Gasteiger partial charge in [-0.2, -0.15) is 8.42 Å². The standard InChI is InChI=1S/C37H30O6S2/c1-44(38,39)43-45(35-23-17-32(18-24-35)40-29-11-5-2-6-12-29,36-25-19-33(20-26-36)41-30-13-7-3-8-14-30)37-27-21-34(22-28-37)42-31-15-9-4-10-16-31/h2-28H,1H3/p+1. The number of benzene rings is 6. The van der Waals surface area contributed by atoms with Gasteiger partial charge in [-0.15, -0.1) is 0 Å². The molecule has 0 amide bonds. The van der Waals surface area contributed by atoms with E-state index < -0.39 is 20.4 Å². The lowest BCUT2D eigenvalue weighted by Crippen LogP contribution is -2.17. The zero-order valence-electron chi connectivity index (χ0n) is 24.4. The first-order chi connectivity index (χ1) is 21.9. The minimum absolute atomic E-state index is 0.621. The van der Waals surface area contributed by atoms with E-state index in [4.69, 9.17) is 14.2 Å². The van der Waals surface area contributed by atoms with Crippen molar-refractivity contribution in [2.45, 2.75) is 14.7 Å². The fraction of sp³-hybridized carbons (Fsp3) is 0.0270. The smallest absolute Gasteiger partial charge is 0.387 e. The molecule has 0 aliphatic carbocycles. The Morgan fingerprint density at radius 3 is 0.867 bits per heavy atom. The lowest BCUT2D eigenvalue weighted by atomic mass is 10.3. The van der Waals surface area contributed by atoms with Gasteiger partial charge in [0.15, 0.2) is 0 Å². The zero-order valence-corrected chi connectivity index (χ0v) is 26.0. The van der Waals surface area contributed by atoms with Crippen LogP contribution < -0.4 is 14.2 Å². The van der Waals surface area contributed by atoms with E-state index in [2.05, 4.69) is 3.63 Å². The third-order valence-electron chi connectivity index (χ3n) is 6.68. The molecule has 0 spiro atoms. The van der Waals surface area contributed by atoms with Crippen molar-refractivity contribution in [1.29, 1.82) is 0 Å². The molecular formula is C37H31O6S2+. The summed E-state index contributed by atoms with van der Waals surface area (Å²) in [6.45, 7) is 0. The molecule has 0 aliphatic rings. The van der Waals surface area contributed by atoms with Gasteiger partial charge in [-0.05, 0) is 109 Å². The highest BCUT2D eigenvalue weighted by atomic mass is 32.3. The van der Waals surface area contributed by atoms with Crippen molar-refractivity contribution < 1.29 is 26.3 Å². The molecule has 6 aromatic carbocycles. The average Bonchev–Trinajstić information content (AvgIpc) is 3.06. The predicted molar refractivity (Wildman–Crippen MR) is 179 cm³/mol. The molecule has 6 aromatic rings. The van der Waals surface area contributed by atoms with Gasteiger partial charge in [-0.25, -0.2) is 0 Å². The SMILES string of the molecule is CS(=O)(=O)[OH+]S(c1ccc(Oc2ccccc2)cc1)(c1ccc(Oc2ccccc2)cc1)c1ccc(Oc2ccccc2)cc1. The molecule has 0 atom stereocenters. The van der Waals surface area contributed by atoms with Gasteiger partial charge in [-0.1, -0.05) is 54.6 Å². The maximum absolute atomic E-state index is 13.1. The molecule has 0 aliphatic heterocycles. The van der Waals surface area contributed by atoms with Crippen LogP contribution in [0.2, 0.25) is 0 Å². The second-order valence-electron chi connectivity index (χ2n) is 10.0. The summed E-state index contributed by atoms with van der Waals surface area (Å²) in [6, 6.07) is 50.7. The van der Waals surface area contributed by atoms with Gasteiger partial charge in [0, 0.05) is 0 Å². The van der Waals surface area contributed by atoms with Crippen LogP contribution in [-0.4, -0.2) is 18.3 Å². The van der Waals surface area contributed by atoms with E-state index in [0.717, 1.165) is 20.9 Å². The molecule has 0 fully saturated rings. The molecule has 8 heteroatoms. The fourth-order valence-corrected chi connectivity index (χ4v) is 9.79. The van der Waals surface area contributed by atoms with Gasteiger partial charge in [0.2, 0.25) is 0 Å². The molecule has 226 valence electrons. The van der Waals surface area contributed by atoms with E-state index in [1.54, 1.807) is 0 Å². The summed E-state index contributed by atoms with van der Waals surface area (Å²) in [7, 11) is -6.52. The Bertz CT molecular complexity index is 1730. The lowest BCUT2D eigenvalue weighted by Gasteiger charge is -2.34. The molecule has 6 nitrogen and oxygen atoms in total. The molecule has 0 unspecified atom stereocenters. The van der Waals surface area contributed by atoms with Crippen LogP contribution in [0.25, 0.3) is 0 Å². The van der Waals surface area contributed by atoms with Crippen LogP contribution in [0, 0.1) is 0 Å². The molecule has 45 heavy (non-hydrogen) atoms. The average molecular weight is 636 g/mol. The second-order valence-corrected chi connectivity index (χ2v) is 14.7. The van der Waals surface area contributed by atoms with Crippen molar-refractivity contribution in [3.8, 4) is 34.5 Å². The molecule has 0 heterocycles. The summed E-state index contributed by atoms with van der Waals surface area (Å²) in [4.78, 5) is 2.17. The summed E-state index contributed by atoms with van der Waals surface area (Å²) in [5, 5.41) is 0. The van der Waals surface area contributed by atoms with Gasteiger partial charge in [0.25, 0.3) is 0 Å². The van der Waals surface area contributed by atoms with Crippen molar-refractivity contribution in [1.82, 2.24) is 0 Å². The van der Waals surface area contributed by atoms with Crippen LogP contribution in [0.3, 0.4) is 0 Å². The third kappa shape index (κ3) is 7.38. The minimum Gasteiger partial charge on any atom is -0.457 e. The van der Waals surface area contributed by atoms with Crippen LogP contribution in [-0.2, 0) is 10.1 Å². The van der Waals surface area contributed by atoms with E-state index in [9.17, 15) is 8.42 Å². The highest BCUT2D eigenvalue weighted by molar-refractivity contribution is 8.32. The van der Waals surface area contributed by atoms with Gasteiger partial charge in [-0.3, -0.25) is 3.63 Å². The molecule has 6 rings (SSSR count). The molecule has 0 radical (unpaired) electrons. The first-order valence-electron chi connectivity index (χ1n) is 14.1. The third-order valence-corrected chi connectivity index (χ3v) is 11.5. The fourth-order valence-electron chi connectivity index (χ4n) is 4.73. The highest BCUT2D eigenvalue weighted by Gasteiger charge is 2.41. The van der Waals surface area contributed by atoms with Crippen molar-refractivity contribution in [2.24, 2.45) is 0 Å². The Morgan fingerprint density at radius 2 is 0.622 bits per heavy atom. The second kappa shape index (κ2) is 13.3. The number of hydrogen-bond donors (Lipinski definition) is 0. The molecule has 0 aromatic heterocycles. The van der Waals surface area contributed by atoms with Gasteiger partial charge in [0.05, 0.1) is 25.0 Å². The Labute approximate surface area is 265 Å². The van der Waals surface area contributed by atoms with Crippen LogP contribution in [0.4, 0.5) is 0 Å². The van der Waals surface area contributed by atoms with Gasteiger partial charge >= 0.3 is 10.1 Å². The number of para-hydroxylation sites is 3. The summed E-state index contributed by atoms with van der Waals surface area (Å²) in [6.07, 6.45) is 1.13. The Hall–Kier alpha value is -5.02. The molecule has 1 N–H and O–H groups in total. The first kappa shape index (κ1) is 30.0. The molecule has 0 saturated heterocycles. The first-order valence-corrected chi connectivity index (χ1v) is 17.6. The number of hydrogen-bond acceptors (Lipinski definition) is 5. The zero-order chi connectivity index (χ0) is 31.1. The largest absolute Gasteiger partial charge is 0.457 e. The quantitative estimate of drug-likeness (QED) is 0.105. The molecular weight excluding hydrogens is 605 g/mol. The summed E-state index contributed by atoms with van der Waals surface area (Å²) < 4.78 is 48.9. The van der Waals surface area contributed by atoms with Crippen molar-refractivity contribution in [3.63, 3.8) is 0 Å². The van der Waals surface area contributed by atoms with E-state index >= 15 is 0 Å². The molecule has 0 saturated carbocycles. The Kier molecular flexibility index (Phi) is 8.89. The van der Waals surface area contributed by atoms with Crippen molar-refractivity contribution in [3.05, 3.63) is 164 Å². The number of ether oxygens (including phenoxy) is 3. The van der Waals surface area contributed by atoms with E-state index in [1.165, 1.54) is 0 Å². The summed E-state index contributed by atoms with van der Waals surface area (Å²) in [5.41, 5.74) is 0. The maximum Gasteiger partial charge on any atom is 0.387 e. The molecule has 0 bridgehead atoms. The summed E-state index contributed by atoms with van der Waals surface area (Å²) in [5.74, 6) is 3.97. The van der Waals surface area contributed by atoms with E-state index in [1.807, 2.05) is 164 Å². The normalized spacial score (nSPS) is 11.8. The van der Waals surface area contributed by atoms with Gasteiger partial charge < -0.3 is 14.2 Å². The highest BCUT2D eigenvalue weighted by Crippen LogP contribution is 2.68.